The minimum Gasteiger partial charge on any atom is -0.319 e. The van der Waals surface area contributed by atoms with Gasteiger partial charge in [0.2, 0.25) is 0 Å². The van der Waals surface area contributed by atoms with Gasteiger partial charge in [-0.2, -0.15) is 0 Å². The molecule has 2 heteroatoms. The number of piperidine rings is 1. The van der Waals surface area contributed by atoms with Crippen LogP contribution in [0.1, 0.15) is 47.0 Å². The second-order valence-electron chi connectivity index (χ2n) is 5.68. The molecule has 0 aromatic heterocycles. The summed E-state index contributed by atoms with van der Waals surface area (Å²) >= 11 is 0. The first-order valence-corrected chi connectivity index (χ1v) is 6.42. The first-order chi connectivity index (χ1) is 7.01. The molecule has 90 valence electrons. The number of rotatable bonds is 4. The maximum Gasteiger partial charge on any atom is 0.0159 e. The summed E-state index contributed by atoms with van der Waals surface area (Å²) in [6.45, 7) is 11.9. The van der Waals surface area contributed by atoms with Crippen LogP contribution < -0.4 is 5.32 Å². The Morgan fingerprint density at radius 3 is 2.60 bits per heavy atom. The lowest BCUT2D eigenvalue weighted by atomic mass is 9.81. The quantitative estimate of drug-likeness (QED) is 0.770. The molecule has 0 aromatic carbocycles. The highest BCUT2D eigenvalue weighted by Crippen LogP contribution is 2.33. The van der Waals surface area contributed by atoms with Crippen LogP contribution in [-0.4, -0.2) is 36.6 Å². The normalized spacial score (nSPS) is 29.0. The second kappa shape index (κ2) is 5.31. The largest absolute Gasteiger partial charge is 0.319 e. The van der Waals surface area contributed by atoms with Crippen molar-refractivity contribution in [3.8, 4) is 0 Å². The van der Waals surface area contributed by atoms with Crippen LogP contribution in [0, 0.1) is 5.92 Å². The first-order valence-electron chi connectivity index (χ1n) is 6.42. The molecular formula is C13H28N2. The van der Waals surface area contributed by atoms with Crippen molar-refractivity contribution in [2.24, 2.45) is 5.92 Å². The van der Waals surface area contributed by atoms with Gasteiger partial charge < -0.3 is 5.32 Å². The maximum atomic E-state index is 3.31. The Hall–Kier alpha value is -0.0800. The van der Waals surface area contributed by atoms with E-state index in [-0.39, 0.29) is 0 Å². The van der Waals surface area contributed by atoms with Crippen molar-refractivity contribution in [1.29, 1.82) is 0 Å². The molecule has 2 unspecified atom stereocenters. The Morgan fingerprint density at radius 2 is 2.13 bits per heavy atom. The Bertz CT molecular complexity index is 189. The summed E-state index contributed by atoms with van der Waals surface area (Å²) in [4.78, 5) is 2.69. The zero-order valence-corrected chi connectivity index (χ0v) is 11.1. The molecule has 0 saturated carbocycles. The minimum atomic E-state index is 0.384. The van der Waals surface area contributed by atoms with Crippen molar-refractivity contribution in [3.63, 3.8) is 0 Å². The van der Waals surface area contributed by atoms with Gasteiger partial charge in [0.05, 0.1) is 0 Å². The second-order valence-corrected chi connectivity index (χ2v) is 5.68. The smallest absolute Gasteiger partial charge is 0.0159 e. The average molecular weight is 212 g/mol. The van der Waals surface area contributed by atoms with Gasteiger partial charge in [-0.15, -0.1) is 0 Å². The maximum absolute atomic E-state index is 3.31. The van der Waals surface area contributed by atoms with Crippen molar-refractivity contribution in [1.82, 2.24) is 10.2 Å². The molecule has 15 heavy (non-hydrogen) atoms. The SMILES string of the molecule is CCC(C)N1CCC(CNC)CC1(C)C. The van der Waals surface area contributed by atoms with Gasteiger partial charge in [0, 0.05) is 11.6 Å². The van der Waals surface area contributed by atoms with Gasteiger partial charge in [0.25, 0.3) is 0 Å². The van der Waals surface area contributed by atoms with Crippen molar-refractivity contribution < 1.29 is 0 Å². The average Bonchev–Trinajstić information content (AvgIpc) is 2.16. The molecule has 1 heterocycles. The fraction of sp³-hybridized carbons (Fsp3) is 1.00. The fourth-order valence-corrected chi connectivity index (χ4v) is 3.05. The molecule has 0 radical (unpaired) electrons. The molecule has 0 aliphatic carbocycles. The Balaban J connectivity index is 2.58. The summed E-state index contributed by atoms with van der Waals surface area (Å²) in [5.74, 6) is 0.866. The molecule has 0 spiro atoms. The van der Waals surface area contributed by atoms with Gasteiger partial charge in [-0.05, 0) is 66.1 Å². The number of nitrogens with one attached hydrogen (secondary N) is 1. The van der Waals surface area contributed by atoms with Crippen LogP contribution in [0.4, 0.5) is 0 Å². The number of hydrogen-bond acceptors (Lipinski definition) is 2. The standard InChI is InChI=1S/C13H28N2/c1-6-11(2)15-8-7-12(10-14-5)9-13(15,3)4/h11-12,14H,6-10H2,1-5H3. The molecular weight excluding hydrogens is 184 g/mol. The van der Waals surface area contributed by atoms with E-state index in [1.165, 1.54) is 32.4 Å². The molecule has 0 bridgehead atoms. The van der Waals surface area contributed by atoms with E-state index in [1.54, 1.807) is 0 Å². The third kappa shape index (κ3) is 3.18. The summed E-state index contributed by atoms with van der Waals surface area (Å²) in [5.41, 5.74) is 0.384. The summed E-state index contributed by atoms with van der Waals surface area (Å²) in [6.07, 6.45) is 3.95. The summed E-state index contributed by atoms with van der Waals surface area (Å²) < 4.78 is 0. The van der Waals surface area contributed by atoms with Crippen LogP contribution in [0.25, 0.3) is 0 Å². The molecule has 0 aromatic rings. The number of nitrogens with zero attached hydrogens (tertiary/aromatic N) is 1. The third-order valence-corrected chi connectivity index (χ3v) is 3.96. The van der Waals surface area contributed by atoms with Gasteiger partial charge in [-0.3, -0.25) is 4.90 Å². The van der Waals surface area contributed by atoms with Crippen LogP contribution in [0.15, 0.2) is 0 Å². The van der Waals surface area contributed by atoms with E-state index in [4.69, 9.17) is 0 Å². The summed E-state index contributed by atoms with van der Waals surface area (Å²) in [6, 6.07) is 0.732. The minimum absolute atomic E-state index is 0.384. The monoisotopic (exact) mass is 212 g/mol. The molecule has 1 saturated heterocycles. The molecule has 1 fully saturated rings. The van der Waals surface area contributed by atoms with Gasteiger partial charge in [-0.25, -0.2) is 0 Å². The highest BCUT2D eigenvalue weighted by molar-refractivity contribution is 4.91. The van der Waals surface area contributed by atoms with Gasteiger partial charge >= 0.3 is 0 Å². The molecule has 1 rings (SSSR count). The topological polar surface area (TPSA) is 15.3 Å². The van der Waals surface area contributed by atoms with Crippen LogP contribution in [-0.2, 0) is 0 Å². The van der Waals surface area contributed by atoms with Gasteiger partial charge in [0.1, 0.15) is 0 Å². The van der Waals surface area contributed by atoms with E-state index in [0.717, 1.165) is 12.0 Å². The van der Waals surface area contributed by atoms with E-state index < -0.39 is 0 Å². The van der Waals surface area contributed by atoms with Crippen LogP contribution in [0.5, 0.6) is 0 Å². The summed E-state index contributed by atoms with van der Waals surface area (Å²) in [5, 5.41) is 3.31. The lowest BCUT2D eigenvalue weighted by Gasteiger charge is -2.48. The lowest BCUT2D eigenvalue weighted by molar-refractivity contribution is 0.0142. The highest BCUT2D eigenvalue weighted by atomic mass is 15.2. The van der Waals surface area contributed by atoms with Crippen LogP contribution in [0.2, 0.25) is 0 Å². The predicted octanol–water partition coefficient (Wildman–Crippen LogP) is 2.49. The molecule has 0 amide bonds. The zero-order valence-electron chi connectivity index (χ0n) is 11.1. The van der Waals surface area contributed by atoms with Gasteiger partial charge in [0.15, 0.2) is 0 Å². The van der Waals surface area contributed by atoms with Crippen molar-refractivity contribution in [2.45, 2.75) is 58.5 Å². The Labute approximate surface area is 95.4 Å². The van der Waals surface area contributed by atoms with E-state index in [0.29, 0.717) is 5.54 Å². The Kier molecular flexibility index (Phi) is 4.60. The van der Waals surface area contributed by atoms with Crippen LogP contribution in [0.3, 0.4) is 0 Å². The van der Waals surface area contributed by atoms with Crippen molar-refractivity contribution in [3.05, 3.63) is 0 Å². The number of likely N-dealkylation sites (tertiary alicyclic amines) is 1. The first kappa shape index (κ1) is 13.0. The highest BCUT2D eigenvalue weighted by Gasteiger charge is 2.36. The third-order valence-electron chi connectivity index (χ3n) is 3.96. The Morgan fingerprint density at radius 1 is 1.47 bits per heavy atom. The predicted molar refractivity (Wildman–Crippen MR) is 67.2 cm³/mol. The zero-order chi connectivity index (χ0) is 11.5. The van der Waals surface area contributed by atoms with Crippen molar-refractivity contribution in [2.75, 3.05) is 20.1 Å². The lowest BCUT2D eigenvalue weighted by Crippen LogP contribution is -2.54. The summed E-state index contributed by atoms with van der Waals surface area (Å²) in [7, 11) is 2.06. The van der Waals surface area contributed by atoms with E-state index in [9.17, 15) is 0 Å². The van der Waals surface area contributed by atoms with Crippen LogP contribution >= 0.6 is 0 Å². The van der Waals surface area contributed by atoms with Crippen molar-refractivity contribution >= 4 is 0 Å². The molecule has 1 N–H and O–H groups in total. The fourth-order valence-electron chi connectivity index (χ4n) is 3.05. The molecule has 2 nitrogen and oxygen atoms in total. The van der Waals surface area contributed by atoms with Gasteiger partial charge in [-0.1, -0.05) is 6.92 Å². The molecule has 1 aliphatic rings. The number of hydrogen-bond donors (Lipinski definition) is 1. The van der Waals surface area contributed by atoms with E-state index in [1.807, 2.05) is 0 Å². The molecule has 1 aliphatic heterocycles. The van der Waals surface area contributed by atoms with E-state index in [2.05, 4.69) is 45.0 Å². The van der Waals surface area contributed by atoms with E-state index >= 15 is 0 Å². The molecule has 2 atom stereocenters.